The van der Waals surface area contributed by atoms with Crippen LogP contribution in [0.15, 0.2) is 23.1 Å². The number of carbonyl (C=O) groups excluding carboxylic acids is 1. The second-order valence-corrected chi connectivity index (χ2v) is 5.96. The van der Waals surface area contributed by atoms with Crippen molar-refractivity contribution in [2.45, 2.75) is 31.6 Å². The summed E-state index contributed by atoms with van der Waals surface area (Å²) < 4.78 is 31.4. The van der Waals surface area contributed by atoms with Crippen LogP contribution in [0.5, 0.6) is 5.75 Å². The maximum absolute atomic E-state index is 12.0. The largest absolute Gasteiger partial charge is 0.494 e. The minimum Gasteiger partial charge on any atom is -0.494 e. The Kier molecular flexibility index (Phi) is 5.82. The lowest BCUT2D eigenvalue weighted by Crippen LogP contribution is -2.37. The smallest absolute Gasteiger partial charge is 0.328 e. The molecule has 0 heterocycles. The lowest BCUT2D eigenvalue weighted by atomic mass is 10.2. The molecular formula is C13H20N2O4S. The van der Waals surface area contributed by atoms with Crippen LogP contribution in [0.4, 0.5) is 4.79 Å². The number of sulfonamides is 1. The highest BCUT2D eigenvalue weighted by Gasteiger charge is 2.19. The summed E-state index contributed by atoms with van der Waals surface area (Å²) in [7, 11) is -2.51. The Morgan fingerprint density at radius 3 is 2.60 bits per heavy atom. The van der Waals surface area contributed by atoms with Gasteiger partial charge in [-0.25, -0.2) is 17.9 Å². The van der Waals surface area contributed by atoms with Gasteiger partial charge in [0.05, 0.1) is 11.5 Å². The average Bonchev–Trinajstić information content (AvgIpc) is 2.38. The van der Waals surface area contributed by atoms with E-state index in [1.807, 2.05) is 4.72 Å². The van der Waals surface area contributed by atoms with Gasteiger partial charge in [0.15, 0.2) is 0 Å². The molecule has 0 unspecified atom stereocenters. The van der Waals surface area contributed by atoms with E-state index in [9.17, 15) is 13.2 Å². The van der Waals surface area contributed by atoms with Gasteiger partial charge in [0.1, 0.15) is 5.75 Å². The van der Waals surface area contributed by atoms with E-state index in [-0.39, 0.29) is 4.90 Å². The van der Waals surface area contributed by atoms with Crippen molar-refractivity contribution < 1.29 is 17.9 Å². The second kappa shape index (κ2) is 7.14. The van der Waals surface area contributed by atoms with Crippen molar-refractivity contribution in [1.82, 2.24) is 10.0 Å². The fourth-order valence-corrected chi connectivity index (χ4v) is 2.76. The van der Waals surface area contributed by atoms with E-state index in [2.05, 4.69) is 12.2 Å². The highest BCUT2D eigenvalue weighted by molar-refractivity contribution is 7.90. The number of benzene rings is 1. The first-order valence-corrected chi connectivity index (χ1v) is 7.87. The number of hydrogen-bond acceptors (Lipinski definition) is 4. The molecule has 0 saturated heterocycles. The molecule has 0 aliphatic carbocycles. The molecule has 0 aliphatic rings. The zero-order valence-corrected chi connectivity index (χ0v) is 12.7. The van der Waals surface area contributed by atoms with Gasteiger partial charge < -0.3 is 10.1 Å². The number of unbranched alkanes of at least 4 members (excludes halogenated alkanes) is 1. The van der Waals surface area contributed by atoms with Crippen LogP contribution in [0.2, 0.25) is 0 Å². The predicted molar refractivity (Wildman–Crippen MR) is 76.4 cm³/mol. The van der Waals surface area contributed by atoms with Gasteiger partial charge in [-0.15, -0.1) is 0 Å². The molecular weight excluding hydrogens is 280 g/mol. The SMILES string of the molecule is CCCCOc1ccc(S(=O)(=O)NC(=O)NC)c(C)c1. The number of aryl methyl sites for hydroxylation is 1. The third-order valence-electron chi connectivity index (χ3n) is 2.66. The Labute approximate surface area is 119 Å². The number of rotatable bonds is 6. The number of hydrogen-bond donors (Lipinski definition) is 2. The van der Waals surface area contributed by atoms with Gasteiger partial charge in [0, 0.05) is 7.05 Å². The van der Waals surface area contributed by atoms with Gasteiger partial charge in [-0.3, -0.25) is 0 Å². The second-order valence-electron chi connectivity index (χ2n) is 4.31. The van der Waals surface area contributed by atoms with Gasteiger partial charge in [-0.1, -0.05) is 13.3 Å². The molecule has 0 aromatic heterocycles. The molecule has 0 saturated carbocycles. The molecule has 1 aromatic carbocycles. The predicted octanol–water partition coefficient (Wildman–Crippen LogP) is 1.79. The van der Waals surface area contributed by atoms with Crippen LogP contribution in [0.1, 0.15) is 25.3 Å². The first-order valence-electron chi connectivity index (χ1n) is 6.38. The summed E-state index contributed by atoms with van der Waals surface area (Å²) >= 11 is 0. The molecule has 0 radical (unpaired) electrons. The normalized spacial score (nSPS) is 10.9. The van der Waals surface area contributed by atoms with Crippen molar-refractivity contribution >= 4 is 16.1 Å². The fraction of sp³-hybridized carbons (Fsp3) is 0.462. The maximum atomic E-state index is 12.0. The number of nitrogens with one attached hydrogen (secondary N) is 2. The monoisotopic (exact) mass is 300 g/mol. The highest BCUT2D eigenvalue weighted by atomic mass is 32.2. The molecule has 6 nitrogen and oxygen atoms in total. The lowest BCUT2D eigenvalue weighted by molar-refractivity contribution is 0.248. The summed E-state index contributed by atoms with van der Waals surface area (Å²) in [6.45, 7) is 4.32. The summed E-state index contributed by atoms with van der Waals surface area (Å²) in [5.41, 5.74) is 0.524. The van der Waals surface area contributed by atoms with Gasteiger partial charge in [-0.05, 0) is 37.1 Å². The standard InChI is InChI=1S/C13H20N2O4S/c1-4-5-8-19-11-6-7-12(10(2)9-11)20(17,18)15-13(16)14-3/h6-7,9H,4-5,8H2,1-3H3,(H2,14,15,16). The Balaban J connectivity index is 2.89. The van der Waals surface area contributed by atoms with Crippen LogP contribution in [0.3, 0.4) is 0 Å². The van der Waals surface area contributed by atoms with Crippen molar-refractivity contribution in [3.63, 3.8) is 0 Å². The first kappa shape index (κ1) is 16.3. The molecule has 1 rings (SSSR count). The van der Waals surface area contributed by atoms with E-state index in [1.54, 1.807) is 19.1 Å². The van der Waals surface area contributed by atoms with Crippen LogP contribution in [-0.4, -0.2) is 28.1 Å². The van der Waals surface area contributed by atoms with E-state index in [4.69, 9.17) is 4.74 Å². The molecule has 0 fully saturated rings. The summed E-state index contributed by atoms with van der Waals surface area (Å²) in [6.07, 6.45) is 1.97. The third-order valence-corrected chi connectivity index (χ3v) is 4.15. The van der Waals surface area contributed by atoms with Crippen molar-refractivity contribution in [2.75, 3.05) is 13.7 Å². The minimum atomic E-state index is -3.86. The Bertz CT molecular complexity index is 570. The van der Waals surface area contributed by atoms with E-state index < -0.39 is 16.1 Å². The van der Waals surface area contributed by atoms with Gasteiger partial charge in [0.25, 0.3) is 10.0 Å². The Hall–Kier alpha value is -1.76. The summed E-state index contributed by atoms with van der Waals surface area (Å²) in [5, 5.41) is 2.20. The topological polar surface area (TPSA) is 84.5 Å². The van der Waals surface area contributed by atoms with Crippen LogP contribution >= 0.6 is 0 Å². The number of carbonyl (C=O) groups is 1. The Morgan fingerprint density at radius 1 is 1.35 bits per heavy atom. The van der Waals surface area contributed by atoms with Gasteiger partial charge in [-0.2, -0.15) is 0 Å². The van der Waals surface area contributed by atoms with E-state index in [0.717, 1.165) is 12.8 Å². The first-order chi connectivity index (χ1) is 9.40. The molecule has 2 N–H and O–H groups in total. The van der Waals surface area contributed by atoms with E-state index >= 15 is 0 Å². The molecule has 20 heavy (non-hydrogen) atoms. The van der Waals surface area contributed by atoms with Crippen molar-refractivity contribution in [2.24, 2.45) is 0 Å². The third kappa shape index (κ3) is 4.41. The van der Waals surface area contributed by atoms with Crippen LogP contribution in [0, 0.1) is 6.92 Å². The van der Waals surface area contributed by atoms with Crippen LogP contribution in [0.25, 0.3) is 0 Å². The minimum absolute atomic E-state index is 0.0592. The summed E-state index contributed by atoms with van der Waals surface area (Å²) in [6, 6.07) is 3.89. The number of urea groups is 1. The molecule has 2 amide bonds. The number of amides is 2. The highest BCUT2D eigenvalue weighted by Crippen LogP contribution is 2.21. The van der Waals surface area contributed by atoms with Crippen LogP contribution < -0.4 is 14.8 Å². The fourth-order valence-electron chi connectivity index (χ4n) is 1.58. The van der Waals surface area contributed by atoms with E-state index in [1.165, 1.54) is 13.1 Å². The zero-order chi connectivity index (χ0) is 15.2. The average molecular weight is 300 g/mol. The van der Waals surface area contributed by atoms with E-state index in [0.29, 0.717) is 17.9 Å². The van der Waals surface area contributed by atoms with Crippen molar-refractivity contribution in [3.05, 3.63) is 23.8 Å². The maximum Gasteiger partial charge on any atom is 0.328 e. The Morgan fingerprint density at radius 2 is 2.05 bits per heavy atom. The summed E-state index contributed by atoms with van der Waals surface area (Å²) in [4.78, 5) is 11.2. The van der Waals surface area contributed by atoms with Crippen LogP contribution in [-0.2, 0) is 10.0 Å². The molecule has 7 heteroatoms. The van der Waals surface area contributed by atoms with Crippen molar-refractivity contribution in [3.8, 4) is 5.75 Å². The lowest BCUT2D eigenvalue weighted by Gasteiger charge is -2.11. The number of ether oxygens (including phenoxy) is 1. The van der Waals surface area contributed by atoms with Gasteiger partial charge in [0.2, 0.25) is 0 Å². The molecule has 0 aliphatic heterocycles. The molecule has 0 spiro atoms. The van der Waals surface area contributed by atoms with Crippen molar-refractivity contribution in [1.29, 1.82) is 0 Å². The molecule has 1 aromatic rings. The zero-order valence-electron chi connectivity index (χ0n) is 11.9. The summed E-state index contributed by atoms with van der Waals surface area (Å²) in [5.74, 6) is 0.620. The van der Waals surface area contributed by atoms with Gasteiger partial charge >= 0.3 is 6.03 Å². The quantitative estimate of drug-likeness (QED) is 0.784. The molecule has 0 bridgehead atoms. The molecule has 112 valence electrons. The molecule has 0 atom stereocenters.